The first-order valence-corrected chi connectivity index (χ1v) is 13.9. The van der Waals surface area contributed by atoms with Crippen LogP contribution in [0.3, 0.4) is 0 Å². The minimum absolute atomic E-state index is 0.0142. The van der Waals surface area contributed by atoms with Crippen LogP contribution in [0.4, 0.5) is 11.4 Å². The standard InChI is InChI=1S/C34H37N3O5/c1-20-31(34(39)36-25-9-7-8-10-28(25)40-4)32(21-11-14-24(15-12-21)37(2)3)33-26(35-20)17-23(18-27(33)38)22-13-16-29(41-5)30(19-22)42-6/h7-16,19,23,32,35H,17-18H2,1-6H3,(H,36,39)/t23-,32+/m1/s1. The van der Waals surface area contributed by atoms with E-state index in [-0.39, 0.29) is 17.6 Å². The minimum atomic E-state index is -0.522. The number of anilines is 2. The van der Waals surface area contributed by atoms with E-state index < -0.39 is 5.92 Å². The second-order valence-corrected chi connectivity index (χ2v) is 10.8. The van der Waals surface area contributed by atoms with Gasteiger partial charge in [-0.05, 0) is 66.8 Å². The molecule has 0 fully saturated rings. The van der Waals surface area contributed by atoms with Crippen molar-refractivity contribution in [3.8, 4) is 17.2 Å². The van der Waals surface area contributed by atoms with Crippen LogP contribution in [0.2, 0.25) is 0 Å². The number of allylic oxidation sites excluding steroid dienone is 3. The second kappa shape index (κ2) is 12.0. The van der Waals surface area contributed by atoms with E-state index in [0.717, 1.165) is 22.5 Å². The van der Waals surface area contributed by atoms with Gasteiger partial charge in [-0.1, -0.05) is 30.3 Å². The van der Waals surface area contributed by atoms with E-state index >= 15 is 0 Å². The zero-order valence-electron chi connectivity index (χ0n) is 24.9. The van der Waals surface area contributed by atoms with Gasteiger partial charge in [0.2, 0.25) is 0 Å². The maximum atomic E-state index is 14.0. The predicted molar refractivity (Wildman–Crippen MR) is 165 cm³/mol. The number of para-hydroxylation sites is 2. The van der Waals surface area contributed by atoms with Gasteiger partial charge in [-0.15, -0.1) is 0 Å². The van der Waals surface area contributed by atoms with Gasteiger partial charge >= 0.3 is 0 Å². The van der Waals surface area contributed by atoms with Gasteiger partial charge in [-0.2, -0.15) is 0 Å². The number of ketones is 1. The van der Waals surface area contributed by atoms with Gasteiger partial charge in [0.05, 0.1) is 27.0 Å². The lowest BCUT2D eigenvalue weighted by Crippen LogP contribution is -2.37. The van der Waals surface area contributed by atoms with Crippen LogP contribution in [0.5, 0.6) is 17.2 Å². The molecular formula is C34H37N3O5. The number of Topliss-reactive ketones (excluding diaryl/α,β-unsaturated/α-hetero) is 1. The maximum absolute atomic E-state index is 14.0. The average molecular weight is 568 g/mol. The third-order valence-electron chi connectivity index (χ3n) is 8.05. The molecule has 2 aliphatic rings. The van der Waals surface area contributed by atoms with Crippen LogP contribution < -0.4 is 29.7 Å². The summed E-state index contributed by atoms with van der Waals surface area (Å²) >= 11 is 0. The number of carbonyl (C=O) groups is 2. The summed E-state index contributed by atoms with van der Waals surface area (Å²) in [7, 11) is 8.74. The average Bonchev–Trinajstić information content (AvgIpc) is 3.00. The summed E-state index contributed by atoms with van der Waals surface area (Å²) in [4.78, 5) is 30.0. The molecule has 0 spiro atoms. The zero-order chi connectivity index (χ0) is 30.0. The van der Waals surface area contributed by atoms with Crippen molar-refractivity contribution in [1.82, 2.24) is 5.32 Å². The van der Waals surface area contributed by atoms with E-state index in [1.807, 2.05) is 80.5 Å². The molecule has 8 heteroatoms. The summed E-state index contributed by atoms with van der Waals surface area (Å²) in [5.41, 5.74) is 6.19. The van der Waals surface area contributed by atoms with Crippen molar-refractivity contribution in [2.75, 3.05) is 45.6 Å². The highest BCUT2D eigenvalue weighted by Gasteiger charge is 2.41. The lowest BCUT2D eigenvalue weighted by atomic mass is 9.71. The molecule has 2 N–H and O–H groups in total. The molecule has 1 heterocycles. The number of nitrogens with zero attached hydrogens (tertiary/aromatic N) is 1. The smallest absolute Gasteiger partial charge is 0.254 e. The van der Waals surface area contributed by atoms with E-state index in [4.69, 9.17) is 14.2 Å². The number of benzene rings is 3. The number of dihydropyridines is 1. The number of amides is 1. The first-order chi connectivity index (χ1) is 20.2. The van der Waals surface area contributed by atoms with E-state index in [2.05, 4.69) is 10.6 Å². The van der Waals surface area contributed by atoms with Crippen molar-refractivity contribution < 1.29 is 23.8 Å². The molecule has 2 atom stereocenters. The first kappa shape index (κ1) is 28.8. The van der Waals surface area contributed by atoms with Crippen molar-refractivity contribution in [3.63, 3.8) is 0 Å². The summed E-state index contributed by atoms with van der Waals surface area (Å²) in [6.45, 7) is 1.90. The predicted octanol–water partition coefficient (Wildman–Crippen LogP) is 5.78. The van der Waals surface area contributed by atoms with Crippen molar-refractivity contribution >= 4 is 23.1 Å². The Bertz CT molecular complexity index is 1570. The largest absolute Gasteiger partial charge is 0.495 e. The SMILES string of the molecule is COc1ccccc1NC(=O)C1=C(C)NC2=C(C(=O)C[C@H](c3ccc(OC)c(OC)c3)C2)[C@H]1c1ccc(N(C)C)cc1. The third kappa shape index (κ3) is 5.44. The highest BCUT2D eigenvalue weighted by molar-refractivity contribution is 6.10. The summed E-state index contributed by atoms with van der Waals surface area (Å²) < 4.78 is 16.4. The first-order valence-electron chi connectivity index (χ1n) is 13.9. The van der Waals surface area contributed by atoms with Crippen LogP contribution in [0.15, 0.2) is 89.3 Å². The van der Waals surface area contributed by atoms with E-state index in [0.29, 0.717) is 52.6 Å². The lowest BCUT2D eigenvalue weighted by Gasteiger charge is -2.37. The maximum Gasteiger partial charge on any atom is 0.254 e. The van der Waals surface area contributed by atoms with Crippen molar-refractivity contribution in [1.29, 1.82) is 0 Å². The molecule has 1 aliphatic heterocycles. The van der Waals surface area contributed by atoms with Gasteiger partial charge in [0.15, 0.2) is 17.3 Å². The molecule has 8 nitrogen and oxygen atoms in total. The fourth-order valence-electron chi connectivity index (χ4n) is 5.92. The number of rotatable bonds is 8. The fraction of sp³-hybridized carbons (Fsp3) is 0.294. The third-order valence-corrected chi connectivity index (χ3v) is 8.05. The van der Waals surface area contributed by atoms with Crippen LogP contribution in [0.1, 0.15) is 42.7 Å². The summed E-state index contributed by atoms with van der Waals surface area (Å²) in [6.07, 6.45) is 0.949. The Morgan fingerprint density at radius 1 is 0.857 bits per heavy atom. The molecule has 218 valence electrons. The Labute approximate surface area is 247 Å². The molecule has 0 radical (unpaired) electrons. The van der Waals surface area contributed by atoms with Gasteiger partial charge in [-0.3, -0.25) is 9.59 Å². The van der Waals surface area contributed by atoms with Gasteiger partial charge in [-0.25, -0.2) is 0 Å². The molecule has 0 bridgehead atoms. The van der Waals surface area contributed by atoms with Crippen LogP contribution in [0.25, 0.3) is 0 Å². The quantitative estimate of drug-likeness (QED) is 0.357. The molecule has 0 aromatic heterocycles. The summed E-state index contributed by atoms with van der Waals surface area (Å²) in [5, 5.41) is 6.49. The monoisotopic (exact) mass is 567 g/mol. The van der Waals surface area contributed by atoms with E-state index in [1.165, 1.54) is 0 Å². The number of nitrogens with one attached hydrogen (secondary N) is 2. The van der Waals surface area contributed by atoms with Crippen LogP contribution >= 0.6 is 0 Å². The fourth-order valence-corrected chi connectivity index (χ4v) is 5.92. The van der Waals surface area contributed by atoms with Crippen LogP contribution in [-0.2, 0) is 9.59 Å². The number of hydrogen-bond donors (Lipinski definition) is 2. The number of ether oxygens (including phenoxy) is 3. The Morgan fingerprint density at radius 3 is 2.19 bits per heavy atom. The molecule has 3 aromatic carbocycles. The summed E-state index contributed by atoms with van der Waals surface area (Å²) in [6, 6.07) is 21.1. The molecule has 1 amide bonds. The minimum Gasteiger partial charge on any atom is -0.495 e. The normalized spacial score (nSPS) is 18.2. The van der Waals surface area contributed by atoms with Gasteiger partial charge in [0, 0.05) is 54.7 Å². The molecule has 5 rings (SSSR count). The molecule has 1 aliphatic carbocycles. The Morgan fingerprint density at radius 2 is 1.52 bits per heavy atom. The van der Waals surface area contributed by atoms with Crippen LogP contribution in [-0.4, -0.2) is 47.1 Å². The molecule has 0 unspecified atom stereocenters. The van der Waals surface area contributed by atoms with Crippen molar-refractivity contribution in [2.24, 2.45) is 0 Å². The van der Waals surface area contributed by atoms with Crippen molar-refractivity contribution in [2.45, 2.75) is 31.6 Å². The van der Waals surface area contributed by atoms with E-state index in [9.17, 15) is 9.59 Å². The van der Waals surface area contributed by atoms with Crippen LogP contribution in [0, 0.1) is 0 Å². The van der Waals surface area contributed by atoms with Gasteiger partial charge < -0.3 is 29.7 Å². The molecule has 0 saturated heterocycles. The second-order valence-electron chi connectivity index (χ2n) is 10.8. The Kier molecular flexibility index (Phi) is 8.24. The number of methoxy groups -OCH3 is 3. The highest BCUT2D eigenvalue weighted by Crippen LogP contribution is 2.47. The Hall–Kier alpha value is -4.72. The Balaban J connectivity index is 1.56. The molecule has 3 aromatic rings. The number of hydrogen-bond acceptors (Lipinski definition) is 7. The zero-order valence-corrected chi connectivity index (χ0v) is 24.9. The molecule has 42 heavy (non-hydrogen) atoms. The number of carbonyl (C=O) groups excluding carboxylic acids is 2. The van der Waals surface area contributed by atoms with Crippen molar-refractivity contribution in [3.05, 3.63) is 100 Å². The topological polar surface area (TPSA) is 89.1 Å². The lowest BCUT2D eigenvalue weighted by molar-refractivity contribution is -0.116. The van der Waals surface area contributed by atoms with E-state index in [1.54, 1.807) is 33.5 Å². The van der Waals surface area contributed by atoms with Gasteiger partial charge in [0.1, 0.15) is 5.75 Å². The highest BCUT2D eigenvalue weighted by atomic mass is 16.5. The molecule has 0 saturated carbocycles. The van der Waals surface area contributed by atoms with Gasteiger partial charge in [0.25, 0.3) is 5.91 Å². The summed E-state index contributed by atoms with van der Waals surface area (Å²) in [5.74, 6) is 0.996. The molecular weight excluding hydrogens is 530 g/mol.